The lowest BCUT2D eigenvalue weighted by atomic mass is 10.1. The minimum absolute atomic E-state index is 0.0406. The second-order valence-corrected chi connectivity index (χ2v) is 3.38. The summed E-state index contributed by atoms with van der Waals surface area (Å²) in [4.78, 5) is 8.36. The molecule has 72 valence electrons. The molecule has 3 aromatic rings. The van der Waals surface area contributed by atoms with Crippen LogP contribution in [0.5, 0.6) is 5.88 Å². The van der Waals surface area contributed by atoms with Crippen molar-refractivity contribution in [1.82, 2.24) is 9.97 Å². The average molecular weight is 196 g/mol. The Balaban J connectivity index is 2.57. The molecular formula is C12H8N2O. The minimum Gasteiger partial charge on any atom is -0.493 e. The molecule has 0 aliphatic rings. The van der Waals surface area contributed by atoms with Gasteiger partial charge in [0.1, 0.15) is 0 Å². The van der Waals surface area contributed by atoms with Crippen molar-refractivity contribution in [1.29, 1.82) is 0 Å². The molecule has 0 amide bonds. The molecule has 0 spiro atoms. The second kappa shape index (κ2) is 2.92. The highest BCUT2D eigenvalue weighted by atomic mass is 16.3. The van der Waals surface area contributed by atoms with Gasteiger partial charge in [0.25, 0.3) is 0 Å². The van der Waals surface area contributed by atoms with Crippen LogP contribution in [0.2, 0.25) is 0 Å². The van der Waals surface area contributed by atoms with Crippen molar-refractivity contribution in [3.05, 3.63) is 42.6 Å². The number of aromatic nitrogens is 2. The summed E-state index contributed by atoms with van der Waals surface area (Å²) in [7, 11) is 0. The standard InChI is InChI=1S/C12H8N2O/c15-11-6-4-8-3-5-10-9(12(8)14-11)2-1-7-13-10/h1-7H,(H,14,15). The number of rotatable bonds is 0. The molecular weight excluding hydrogens is 188 g/mol. The molecule has 2 aromatic heterocycles. The van der Waals surface area contributed by atoms with Gasteiger partial charge in [-0.25, -0.2) is 4.98 Å². The lowest BCUT2D eigenvalue weighted by Crippen LogP contribution is -1.83. The molecule has 3 rings (SSSR count). The molecule has 0 aliphatic carbocycles. The van der Waals surface area contributed by atoms with Crippen LogP contribution < -0.4 is 0 Å². The van der Waals surface area contributed by atoms with Gasteiger partial charge in [-0.15, -0.1) is 0 Å². The summed E-state index contributed by atoms with van der Waals surface area (Å²) in [6.07, 6.45) is 1.75. The molecule has 1 N–H and O–H groups in total. The van der Waals surface area contributed by atoms with E-state index in [-0.39, 0.29) is 5.88 Å². The highest BCUT2D eigenvalue weighted by Crippen LogP contribution is 2.23. The third-order valence-electron chi connectivity index (χ3n) is 2.43. The zero-order valence-corrected chi connectivity index (χ0v) is 7.88. The van der Waals surface area contributed by atoms with E-state index in [0.717, 1.165) is 21.8 Å². The first-order valence-corrected chi connectivity index (χ1v) is 4.68. The number of hydrogen-bond donors (Lipinski definition) is 1. The van der Waals surface area contributed by atoms with Gasteiger partial charge in [-0.05, 0) is 24.3 Å². The Hall–Kier alpha value is -2.16. The van der Waals surface area contributed by atoms with Gasteiger partial charge in [0, 0.05) is 23.0 Å². The van der Waals surface area contributed by atoms with Gasteiger partial charge in [-0.3, -0.25) is 4.98 Å². The molecule has 0 saturated heterocycles. The van der Waals surface area contributed by atoms with Crippen LogP contribution in [-0.4, -0.2) is 15.1 Å². The number of hydrogen-bond acceptors (Lipinski definition) is 3. The first-order valence-electron chi connectivity index (χ1n) is 4.68. The Morgan fingerprint density at radius 2 is 1.87 bits per heavy atom. The average Bonchev–Trinajstić information content (AvgIpc) is 2.29. The first-order chi connectivity index (χ1) is 7.34. The second-order valence-electron chi connectivity index (χ2n) is 3.38. The van der Waals surface area contributed by atoms with Crippen molar-refractivity contribution in [2.45, 2.75) is 0 Å². The van der Waals surface area contributed by atoms with E-state index >= 15 is 0 Å². The summed E-state index contributed by atoms with van der Waals surface area (Å²) in [6, 6.07) is 11.2. The Morgan fingerprint density at radius 1 is 1.00 bits per heavy atom. The largest absolute Gasteiger partial charge is 0.493 e. The molecule has 0 bridgehead atoms. The van der Waals surface area contributed by atoms with Crippen LogP contribution in [0.25, 0.3) is 21.8 Å². The van der Waals surface area contributed by atoms with Crippen LogP contribution >= 0.6 is 0 Å². The number of pyridine rings is 2. The van der Waals surface area contributed by atoms with E-state index in [4.69, 9.17) is 0 Å². The number of fused-ring (bicyclic) bond motifs is 3. The summed E-state index contributed by atoms with van der Waals surface area (Å²) in [5.41, 5.74) is 1.68. The first kappa shape index (κ1) is 8.17. The molecule has 15 heavy (non-hydrogen) atoms. The maximum Gasteiger partial charge on any atom is 0.211 e. The minimum atomic E-state index is 0.0406. The zero-order valence-electron chi connectivity index (χ0n) is 7.88. The van der Waals surface area contributed by atoms with Gasteiger partial charge in [-0.1, -0.05) is 6.07 Å². The zero-order chi connectivity index (χ0) is 10.3. The topological polar surface area (TPSA) is 46.0 Å². The fourth-order valence-electron chi connectivity index (χ4n) is 1.73. The molecule has 0 unspecified atom stereocenters. The predicted octanol–water partition coefficient (Wildman–Crippen LogP) is 2.49. The van der Waals surface area contributed by atoms with Gasteiger partial charge in [0.05, 0.1) is 11.0 Å². The smallest absolute Gasteiger partial charge is 0.211 e. The third kappa shape index (κ3) is 1.21. The lowest BCUT2D eigenvalue weighted by Gasteiger charge is -2.01. The van der Waals surface area contributed by atoms with E-state index in [2.05, 4.69) is 9.97 Å². The summed E-state index contributed by atoms with van der Waals surface area (Å²) in [5, 5.41) is 11.3. The highest BCUT2D eigenvalue weighted by Gasteiger charge is 2.02. The molecule has 0 aliphatic heterocycles. The summed E-state index contributed by atoms with van der Waals surface area (Å²) in [6.45, 7) is 0. The maximum absolute atomic E-state index is 9.36. The monoisotopic (exact) mass is 196 g/mol. The van der Waals surface area contributed by atoms with Crippen molar-refractivity contribution >= 4 is 21.8 Å². The van der Waals surface area contributed by atoms with Crippen LogP contribution in [-0.2, 0) is 0 Å². The van der Waals surface area contributed by atoms with Gasteiger partial charge >= 0.3 is 0 Å². The lowest BCUT2D eigenvalue weighted by molar-refractivity contribution is 0.456. The fraction of sp³-hybridized carbons (Fsp3) is 0. The molecule has 3 nitrogen and oxygen atoms in total. The SMILES string of the molecule is Oc1ccc2ccc3ncccc3c2n1. The summed E-state index contributed by atoms with van der Waals surface area (Å²) in [5.74, 6) is 0.0406. The molecule has 0 radical (unpaired) electrons. The van der Waals surface area contributed by atoms with Crippen LogP contribution in [0.3, 0.4) is 0 Å². The van der Waals surface area contributed by atoms with E-state index in [1.807, 2.05) is 30.3 Å². The predicted molar refractivity (Wildman–Crippen MR) is 58.7 cm³/mol. The van der Waals surface area contributed by atoms with E-state index in [1.165, 1.54) is 0 Å². The van der Waals surface area contributed by atoms with Gasteiger partial charge in [0.15, 0.2) is 0 Å². The van der Waals surface area contributed by atoms with Gasteiger partial charge < -0.3 is 5.11 Å². The van der Waals surface area contributed by atoms with E-state index in [1.54, 1.807) is 12.3 Å². The molecule has 0 fully saturated rings. The Labute approximate surface area is 86.0 Å². The fourth-order valence-corrected chi connectivity index (χ4v) is 1.73. The van der Waals surface area contributed by atoms with Crippen molar-refractivity contribution in [3.63, 3.8) is 0 Å². The quantitative estimate of drug-likeness (QED) is 0.562. The van der Waals surface area contributed by atoms with Gasteiger partial charge in [-0.2, -0.15) is 0 Å². The molecule has 2 heterocycles. The van der Waals surface area contributed by atoms with Crippen molar-refractivity contribution in [2.75, 3.05) is 0 Å². The van der Waals surface area contributed by atoms with Crippen molar-refractivity contribution in [3.8, 4) is 5.88 Å². The summed E-state index contributed by atoms with van der Waals surface area (Å²) >= 11 is 0. The highest BCUT2D eigenvalue weighted by molar-refractivity contribution is 6.03. The van der Waals surface area contributed by atoms with Crippen LogP contribution in [0.1, 0.15) is 0 Å². The van der Waals surface area contributed by atoms with Crippen molar-refractivity contribution in [2.24, 2.45) is 0 Å². The number of aromatic hydroxyl groups is 1. The summed E-state index contributed by atoms with van der Waals surface area (Å²) < 4.78 is 0. The number of benzene rings is 1. The van der Waals surface area contributed by atoms with Crippen LogP contribution in [0, 0.1) is 0 Å². The Kier molecular flexibility index (Phi) is 1.59. The molecule has 0 atom stereocenters. The van der Waals surface area contributed by atoms with Crippen LogP contribution in [0.15, 0.2) is 42.6 Å². The molecule has 1 aromatic carbocycles. The normalized spacial score (nSPS) is 10.9. The van der Waals surface area contributed by atoms with Crippen LogP contribution in [0.4, 0.5) is 0 Å². The number of nitrogens with zero attached hydrogens (tertiary/aromatic N) is 2. The van der Waals surface area contributed by atoms with Gasteiger partial charge in [0.2, 0.25) is 5.88 Å². The van der Waals surface area contributed by atoms with E-state index < -0.39 is 0 Å². The van der Waals surface area contributed by atoms with Crippen molar-refractivity contribution < 1.29 is 5.11 Å². The molecule has 0 saturated carbocycles. The van der Waals surface area contributed by atoms with E-state index in [9.17, 15) is 5.11 Å². The van der Waals surface area contributed by atoms with E-state index in [0.29, 0.717) is 0 Å². The molecule has 3 heteroatoms. The third-order valence-corrected chi connectivity index (χ3v) is 2.43. The Bertz CT molecular complexity index is 649. The maximum atomic E-state index is 9.36. The Morgan fingerprint density at radius 3 is 2.80 bits per heavy atom.